The maximum atomic E-state index is 11.4. The number of aromatic nitrogens is 1. The second-order valence-electron chi connectivity index (χ2n) is 4.44. The number of para-hydroxylation sites is 1. The van der Waals surface area contributed by atoms with Gasteiger partial charge >= 0.3 is 0 Å². The number of nitrogens with one attached hydrogen (secondary N) is 1. The molecule has 1 heterocycles. The Morgan fingerprint density at radius 1 is 1.40 bits per heavy atom. The fourth-order valence-electron chi connectivity index (χ4n) is 1.79. The molecule has 1 aromatic carbocycles. The van der Waals surface area contributed by atoms with Crippen LogP contribution in [0.1, 0.15) is 24.6 Å². The molecule has 8 heteroatoms. The summed E-state index contributed by atoms with van der Waals surface area (Å²) in [7, 11) is -3.86. The third kappa shape index (κ3) is 2.91. The van der Waals surface area contributed by atoms with Gasteiger partial charge in [0.25, 0.3) is 0 Å². The minimum atomic E-state index is -3.86. The minimum Gasteiger partial charge on any atom is -0.444 e. The molecule has 1 aromatic heterocycles. The van der Waals surface area contributed by atoms with Gasteiger partial charge < -0.3 is 15.5 Å². The maximum absolute atomic E-state index is 11.4. The smallest absolute Gasteiger partial charge is 0.240 e. The van der Waals surface area contributed by atoms with Gasteiger partial charge in [-0.1, -0.05) is 6.07 Å². The first-order valence-electron chi connectivity index (χ1n) is 5.89. The van der Waals surface area contributed by atoms with E-state index in [4.69, 9.17) is 15.3 Å². The van der Waals surface area contributed by atoms with Crippen molar-refractivity contribution in [2.24, 2.45) is 5.14 Å². The number of nitrogens with zero attached hydrogens (tertiary/aromatic N) is 1. The Morgan fingerprint density at radius 3 is 2.65 bits per heavy atom. The average Bonchev–Trinajstić information content (AvgIpc) is 2.77. The molecule has 5 N–H and O–H groups in total. The Bertz CT molecular complexity index is 724. The monoisotopic (exact) mass is 296 g/mol. The highest BCUT2D eigenvalue weighted by Crippen LogP contribution is 2.28. The molecule has 0 saturated carbocycles. The fourth-order valence-corrected chi connectivity index (χ4v) is 2.47. The molecule has 0 fully saturated rings. The number of nitrogen functional groups attached to an aromatic ring is 1. The molecule has 20 heavy (non-hydrogen) atoms. The summed E-state index contributed by atoms with van der Waals surface area (Å²) in [5.41, 5.74) is 6.36. The first kappa shape index (κ1) is 14.4. The van der Waals surface area contributed by atoms with E-state index >= 15 is 0 Å². The van der Waals surface area contributed by atoms with Gasteiger partial charge in [0, 0.05) is 0 Å². The minimum absolute atomic E-state index is 0.0742. The van der Waals surface area contributed by atoms with Crippen LogP contribution < -0.4 is 16.2 Å². The highest BCUT2D eigenvalue weighted by molar-refractivity contribution is 7.89. The van der Waals surface area contributed by atoms with Crippen molar-refractivity contribution in [2.45, 2.75) is 24.8 Å². The molecule has 1 unspecified atom stereocenters. The van der Waals surface area contributed by atoms with Crippen molar-refractivity contribution in [3.63, 3.8) is 0 Å². The lowest BCUT2D eigenvalue weighted by Crippen LogP contribution is -2.16. The molecule has 0 aliphatic heterocycles. The normalized spacial score (nSPS) is 13.2. The number of hydrogen-bond donors (Lipinski definition) is 3. The first-order chi connectivity index (χ1) is 9.29. The molecule has 0 spiro atoms. The largest absolute Gasteiger partial charge is 0.444 e. The van der Waals surface area contributed by atoms with Crippen LogP contribution in [0.4, 0.5) is 11.4 Å². The van der Waals surface area contributed by atoms with Crippen molar-refractivity contribution in [2.75, 3.05) is 11.1 Å². The van der Waals surface area contributed by atoms with Crippen LogP contribution in [0.25, 0.3) is 0 Å². The van der Waals surface area contributed by atoms with E-state index in [0.29, 0.717) is 17.3 Å². The number of nitrogens with two attached hydrogens (primary N) is 2. The van der Waals surface area contributed by atoms with Crippen LogP contribution in [0, 0.1) is 6.92 Å². The number of hydrogen-bond acceptors (Lipinski definition) is 6. The highest BCUT2D eigenvalue weighted by atomic mass is 32.2. The quantitative estimate of drug-likeness (QED) is 0.732. The van der Waals surface area contributed by atoms with Crippen LogP contribution in [-0.2, 0) is 10.0 Å². The topological polar surface area (TPSA) is 124 Å². The number of oxazole rings is 1. The van der Waals surface area contributed by atoms with Gasteiger partial charge in [-0.25, -0.2) is 18.5 Å². The standard InChI is InChI=1S/C12H16N4O3S/c1-7-6-15-12(19-7)8(2)16-9-4-3-5-10(11(9)13)20(14,17)18/h3-6,8,16H,13H2,1-2H3,(H2,14,17,18). The predicted molar refractivity (Wildman–Crippen MR) is 75.5 cm³/mol. The van der Waals surface area contributed by atoms with Crippen molar-refractivity contribution in [1.82, 2.24) is 4.98 Å². The summed E-state index contributed by atoms with van der Waals surface area (Å²) >= 11 is 0. The van der Waals surface area contributed by atoms with Gasteiger partial charge in [-0.05, 0) is 26.0 Å². The van der Waals surface area contributed by atoms with E-state index in [2.05, 4.69) is 10.3 Å². The van der Waals surface area contributed by atoms with Crippen molar-refractivity contribution >= 4 is 21.4 Å². The van der Waals surface area contributed by atoms with Crippen LogP contribution in [-0.4, -0.2) is 13.4 Å². The van der Waals surface area contributed by atoms with Gasteiger partial charge in [0.2, 0.25) is 15.9 Å². The van der Waals surface area contributed by atoms with Crippen molar-refractivity contribution in [3.05, 3.63) is 36.0 Å². The molecule has 7 nitrogen and oxygen atoms in total. The van der Waals surface area contributed by atoms with Gasteiger partial charge in [0.15, 0.2) is 0 Å². The molecular weight excluding hydrogens is 280 g/mol. The summed E-state index contributed by atoms with van der Waals surface area (Å²) in [6, 6.07) is 4.32. The Kier molecular flexibility index (Phi) is 3.69. The number of benzene rings is 1. The predicted octanol–water partition coefficient (Wildman–Crippen LogP) is 1.39. The van der Waals surface area contributed by atoms with Gasteiger partial charge in [0.1, 0.15) is 16.7 Å². The molecular formula is C12H16N4O3S. The summed E-state index contributed by atoms with van der Waals surface area (Å²) < 4.78 is 28.2. The number of rotatable bonds is 4. The molecule has 0 amide bonds. The second-order valence-corrected chi connectivity index (χ2v) is 5.97. The summed E-state index contributed by atoms with van der Waals surface area (Å²) in [5.74, 6) is 1.18. The lowest BCUT2D eigenvalue weighted by atomic mass is 10.2. The lowest BCUT2D eigenvalue weighted by molar-refractivity contribution is 0.454. The van der Waals surface area contributed by atoms with Crippen LogP contribution in [0.15, 0.2) is 33.7 Å². The summed E-state index contributed by atoms with van der Waals surface area (Å²) in [4.78, 5) is 3.99. The zero-order valence-corrected chi connectivity index (χ0v) is 11.9. The van der Waals surface area contributed by atoms with E-state index in [0.717, 1.165) is 0 Å². The molecule has 0 aliphatic carbocycles. The van der Waals surface area contributed by atoms with Crippen LogP contribution in [0.3, 0.4) is 0 Å². The average molecular weight is 296 g/mol. The van der Waals surface area contributed by atoms with Crippen LogP contribution >= 0.6 is 0 Å². The van der Waals surface area contributed by atoms with E-state index in [1.165, 1.54) is 6.07 Å². The van der Waals surface area contributed by atoms with E-state index < -0.39 is 10.0 Å². The maximum Gasteiger partial charge on any atom is 0.240 e. The number of primary sulfonamides is 1. The molecule has 0 bridgehead atoms. The van der Waals surface area contributed by atoms with E-state index in [1.54, 1.807) is 25.3 Å². The molecule has 2 rings (SSSR count). The SMILES string of the molecule is Cc1cnc(C(C)Nc2cccc(S(N)(=O)=O)c2N)o1. The van der Waals surface area contributed by atoms with E-state index in [-0.39, 0.29) is 16.6 Å². The zero-order chi connectivity index (χ0) is 14.9. The Balaban J connectivity index is 2.31. The molecule has 0 aliphatic rings. The van der Waals surface area contributed by atoms with Crippen LogP contribution in [0.2, 0.25) is 0 Å². The molecule has 0 saturated heterocycles. The highest BCUT2D eigenvalue weighted by Gasteiger charge is 2.17. The Hall–Kier alpha value is -2.06. The summed E-state index contributed by atoms with van der Waals surface area (Å²) in [6.07, 6.45) is 1.61. The van der Waals surface area contributed by atoms with Crippen molar-refractivity contribution < 1.29 is 12.8 Å². The van der Waals surface area contributed by atoms with Gasteiger partial charge in [0.05, 0.1) is 17.6 Å². The van der Waals surface area contributed by atoms with E-state index in [1.807, 2.05) is 6.92 Å². The van der Waals surface area contributed by atoms with Gasteiger partial charge in [-0.2, -0.15) is 0 Å². The molecule has 1 atom stereocenters. The molecule has 0 radical (unpaired) electrons. The van der Waals surface area contributed by atoms with Crippen molar-refractivity contribution in [3.8, 4) is 0 Å². The number of sulfonamides is 1. The third-order valence-electron chi connectivity index (χ3n) is 2.75. The van der Waals surface area contributed by atoms with E-state index in [9.17, 15) is 8.42 Å². The number of anilines is 2. The summed E-state index contributed by atoms with van der Waals surface area (Å²) in [5, 5.41) is 8.16. The fraction of sp³-hybridized carbons (Fsp3) is 0.250. The number of aryl methyl sites for hydroxylation is 1. The first-order valence-corrected chi connectivity index (χ1v) is 7.44. The van der Waals surface area contributed by atoms with Gasteiger partial charge in [-0.15, -0.1) is 0 Å². The zero-order valence-electron chi connectivity index (χ0n) is 11.1. The Labute approximate surface area is 117 Å². The van der Waals surface area contributed by atoms with Gasteiger partial charge in [-0.3, -0.25) is 0 Å². The van der Waals surface area contributed by atoms with Crippen LogP contribution in [0.5, 0.6) is 0 Å². The Morgan fingerprint density at radius 2 is 2.10 bits per heavy atom. The third-order valence-corrected chi connectivity index (χ3v) is 3.72. The molecule has 108 valence electrons. The molecule has 2 aromatic rings. The second kappa shape index (κ2) is 5.14. The van der Waals surface area contributed by atoms with Crippen molar-refractivity contribution in [1.29, 1.82) is 0 Å². The lowest BCUT2D eigenvalue weighted by Gasteiger charge is -2.15. The summed E-state index contributed by atoms with van der Waals surface area (Å²) in [6.45, 7) is 3.62.